The Bertz CT molecular complexity index is 753. The molecule has 0 fully saturated rings. The minimum atomic E-state index is -4.05. The maximum atomic E-state index is 13.8. The first-order valence-electron chi connectivity index (χ1n) is 6.19. The van der Waals surface area contributed by atoms with Crippen LogP contribution < -0.4 is 4.18 Å². The van der Waals surface area contributed by atoms with E-state index in [1.54, 1.807) is 43.0 Å². The highest BCUT2D eigenvalue weighted by Gasteiger charge is 2.22. The summed E-state index contributed by atoms with van der Waals surface area (Å²) in [5.41, 5.74) is 0.464. The fraction of sp³-hybridized carbons (Fsp3) is 0.200. The number of rotatable bonds is 4. The maximum absolute atomic E-state index is 13.8. The van der Waals surface area contributed by atoms with Crippen molar-refractivity contribution in [2.24, 2.45) is 0 Å². The molecule has 2 aromatic carbocycles. The van der Waals surface area contributed by atoms with Gasteiger partial charge >= 0.3 is 10.1 Å². The van der Waals surface area contributed by atoms with E-state index in [1.165, 1.54) is 19.1 Å². The molecule has 0 atom stereocenters. The summed E-state index contributed by atoms with van der Waals surface area (Å²) in [7, 11) is -4.05. The van der Waals surface area contributed by atoms with Gasteiger partial charge in [0.15, 0.2) is 0 Å². The molecule has 0 aromatic heterocycles. The van der Waals surface area contributed by atoms with E-state index < -0.39 is 15.9 Å². The van der Waals surface area contributed by atoms with Crippen molar-refractivity contribution < 1.29 is 17.0 Å². The fourth-order valence-corrected chi connectivity index (χ4v) is 3.44. The summed E-state index contributed by atoms with van der Waals surface area (Å²) in [5.74, 6) is -0.328. The third kappa shape index (κ3) is 3.39. The molecule has 0 spiro atoms. The van der Waals surface area contributed by atoms with Crippen LogP contribution in [0.15, 0.2) is 46.2 Å². The summed E-state index contributed by atoms with van der Waals surface area (Å²) in [5, 5.41) is 0. The van der Waals surface area contributed by atoms with Crippen molar-refractivity contribution in [1.29, 1.82) is 0 Å². The van der Waals surface area contributed by atoms with Crippen LogP contribution in [0.4, 0.5) is 4.39 Å². The second kappa shape index (κ2) is 6.07. The van der Waals surface area contributed by atoms with Gasteiger partial charge in [0, 0.05) is 10.5 Å². The molecule has 112 valence electrons. The van der Waals surface area contributed by atoms with Crippen LogP contribution in [0.2, 0.25) is 0 Å². The van der Waals surface area contributed by atoms with Gasteiger partial charge in [-0.15, -0.1) is 11.8 Å². The van der Waals surface area contributed by atoms with Gasteiger partial charge in [-0.1, -0.05) is 6.07 Å². The molecular formula is C15H15FO3S2. The van der Waals surface area contributed by atoms with Crippen molar-refractivity contribution in [1.82, 2.24) is 0 Å². The fourth-order valence-electron chi connectivity index (χ4n) is 1.88. The molecule has 0 amide bonds. The van der Waals surface area contributed by atoms with Crippen molar-refractivity contribution in [2.75, 3.05) is 6.26 Å². The Hall–Kier alpha value is -1.53. The summed E-state index contributed by atoms with van der Waals surface area (Å²) in [6.45, 7) is 3.01. The number of hydrogen-bond acceptors (Lipinski definition) is 4. The van der Waals surface area contributed by atoms with E-state index in [0.29, 0.717) is 5.56 Å². The molecule has 0 aliphatic rings. The minimum Gasteiger partial charge on any atom is -0.379 e. The predicted molar refractivity (Wildman–Crippen MR) is 81.9 cm³/mol. The summed E-state index contributed by atoms with van der Waals surface area (Å²) >= 11 is 1.54. The van der Waals surface area contributed by atoms with Gasteiger partial charge in [0.05, 0.1) is 0 Å². The highest BCUT2D eigenvalue weighted by atomic mass is 32.2. The lowest BCUT2D eigenvalue weighted by molar-refractivity contribution is 0.483. The number of benzene rings is 2. The standard InChI is InChI=1S/C15H15FO3S2/c1-10-4-9-14(11(2)15(10)16)21(17,18)19-12-5-7-13(20-3)8-6-12/h4-9H,1-3H3. The van der Waals surface area contributed by atoms with Crippen LogP contribution in [0.3, 0.4) is 0 Å². The zero-order valence-electron chi connectivity index (χ0n) is 11.9. The molecule has 0 aliphatic heterocycles. The Morgan fingerprint density at radius 2 is 1.67 bits per heavy atom. The van der Waals surface area contributed by atoms with Crippen LogP contribution in [-0.4, -0.2) is 14.7 Å². The number of hydrogen-bond donors (Lipinski definition) is 0. The molecule has 0 bridgehead atoms. The van der Waals surface area contributed by atoms with E-state index in [4.69, 9.17) is 4.18 Å². The monoisotopic (exact) mass is 326 g/mol. The summed E-state index contributed by atoms with van der Waals surface area (Å²) in [6, 6.07) is 9.46. The van der Waals surface area contributed by atoms with E-state index in [1.807, 2.05) is 6.26 Å². The molecule has 0 N–H and O–H groups in total. The van der Waals surface area contributed by atoms with Crippen molar-refractivity contribution in [2.45, 2.75) is 23.6 Å². The zero-order chi connectivity index (χ0) is 15.6. The smallest absolute Gasteiger partial charge is 0.339 e. The second-order valence-electron chi connectivity index (χ2n) is 4.53. The highest BCUT2D eigenvalue weighted by molar-refractivity contribution is 7.98. The van der Waals surface area contributed by atoms with Gasteiger partial charge in [-0.25, -0.2) is 4.39 Å². The van der Waals surface area contributed by atoms with Crippen molar-refractivity contribution >= 4 is 21.9 Å². The van der Waals surface area contributed by atoms with Gasteiger partial charge < -0.3 is 4.18 Å². The van der Waals surface area contributed by atoms with Gasteiger partial charge in [-0.05, 0) is 56.0 Å². The lowest BCUT2D eigenvalue weighted by Gasteiger charge is -2.11. The maximum Gasteiger partial charge on any atom is 0.339 e. The predicted octanol–water partition coefficient (Wildman–Crippen LogP) is 3.93. The Morgan fingerprint density at radius 1 is 1.05 bits per heavy atom. The molecule has 0 saturated carbocycles. The van der Waals surface area contributed by atoms with Crippen LogP contribution in [0.1, 0.15) is 11.1 Å². The van der Waals surface area contributed by atoms with Gasteiger partial charge in [0.25, 0.3) is 0 Å². The molecule has 0 radical (unpaired) electrons. The lowest BCUT2D eigenvalue weighted by Crippen LogP contribution is -2.12. The average molecular weight is 326 g/mol. The molecule has 0 aliphatic carbocycles. The molecule has 0 saturated heterocycles. The molecule has 2 aromatic rings. The lowest BCUT2D eigenvalue weighted by atomic mass is 10.1. The quantitative estimate of drug-likeness (QED) is 0.631. The third-order valence-corrected chi connectivity index (χ3v) is 5.20. The van der Waals surface area contributed by atoms with E-state index in [0.717, 1.165) is 4.90 Å². The van der Waals surface area contributed by atoms with E-state index >= 15 is 0 Å². The normalized spacial score (nSPS) is 11.4. The Kier molecular flexibility index (Phi) is 4.58. The SMILES string of the molecule is CSc1ccc(OS(=O)(=O)c2ccc(C)c(F)c2C)cc1. The summed E-state index contributed by atoms with van der Waals surface area (Å²) < 4.78 is 43.4. The molecule has 6 heteroatoms. The number of thioether (sulfide) groups is 1. The van der Waals surface area contributed by atoms with Crippen LogP contribution in [0.5, 0.6) is 5.75 Å². The Balaban J connectivity index is 2.36. The topological polar surface area (TPSA) is 43.4 Å². The van der Waals surface area contributed by atoms with Crippen LogP contribution >= 0.6 is 11.8 Å². The first-order valence-corrected chi connectivity index (χ1v) is 8.82. The van der Waals surface area contributed by atoms with Crippen LogP contribution in [0, 0.1) is 19.7 Å². The van der Waals surface area contributed by atoms with Crippen molar-refractivity contribution in [3.8, 4) is 5.75 Å². The summed E-state index contributed by atoms with van der Waals surface area (Å²) in [4.78, 5) is 0.844. The number of aryl methyl sites for hydroxylation is 1. The van der Waals surface area contributed by atoms with Gasteiger partial charge in [0.1, 0.15) is 16.5 Å². The second-order valence-corrected chi connectivity index (χ2v) is 6.93. The van der Waals surface area contributed by atoms with Crippen molar-refractivity contribution in [3.63, 3.8) is 0 Å². The van der Waals surface area contributed by atoms with Crippen LogP contribution in [0.25, 0.3) is 0 Å². The van der Waals surface area contributed by atoms with E-state index in [2.05, 4.69) is 0 Å². The molecule has 3 nitrogen and oxygen atoms in total. The number of halogens is 1. The van der Waals surface area contributed by atoms with E-state index in [9.17, 15) is 12.8 Å². The third-order valence-electron chi connectivity index (χ3n) is 3.06. The molecule has 0 unspecified atom stereocenters. The molecular weight excluding hydrogens is 311 g/mol. The van der Waals surface area contributed by atoms with Gasteiger partial charge in [-0.3, -0.25) is 0 Å². The Labute approximate surface area is 128 Å². The zero-order valence-corrected chi connectivity index (χ0v) is 13.5. The molecule has 2 rings (SSSR count). The largest absolute Gasteiger partial charge is 0.379 e. The minimum absolute atomic E-state index is 0.0655. The summed E-state index contributed by atoms with van der Waals surface area (Å²) in [6.07, 6.45) is 1.92. The molecule has 0 heterocycles. The molecule has 21 heavy (non-hydrogen) atoms. The van der Waals surface area contributed by atoms with E-state index in [-0.39, 0.29) is 16.2 Å². The highest BCUT2D eigenvalue weighted by Crippen LogP contribution is 2.25. The van der Waals surface area contributed by atoms with Crippen molar-refractivity contribution in [3.05, 3.63) is 53.3 Å². The average Bonchev–Trinajstić information content (AvgIpc) is 2.45. The van der Waals surface area contributed by atoms with Gasteiger partial charge in [-0.2, -0.15) is 8.42 Å². The first-order chi connectivity index (χ1) is 9.85. The first kappa shape index (κ1) is 15.9. The Morgan fingerprint density at radius 3 is 2.24 bits per heavy atom. The van der Waals surface area contributed by atoms with Crippen LogP contribution in [-0.2, 0) is 10.1 Å². The van der Waals surface area contributed by atoms with Gasteiger partial charge in [0.2, 0.25) is 0 Å².